The third kappa shape index (κ3) is 3.07. The number of thioether (sulfide) groups is 1. The summed E-state index contributed by atoms with van der Waals surface area (Å²) < 4.78 is 0. The molecule has 0 aromatic heterocycles. The van der Waals surface area contributed by atoms with Crippen LogP contribution in [0, 0.1) is 0 Å². The topological polar surface area (TPSA) is 17.1 Å². The van der Waals surface area contributed by atoms with Gasteiger partial charge in [0.1, 0.15) is 0 Å². The molecule has 2 heteroatoms. The lowest BCUT2D eigenvalue weighted by atomic mass is 10.2. The predicted molar refractivity (Wildman–Crippen MR) is 57.4 cm³/mol. The van der Waals surface area contributed by atoms with E-state index in [1.54, 1.807) is 18.7 Å². The quantitative estimate of drug-likeness (QED) is 0.414. The summed E-state index contributed by atoms with van der Waals surface area (Å²) in [5, 5.41) is 0. The molecule has 1 aromatic carbocycles. The summed E-state index contributed by atoms with van der Waals surface area (Å²) in [6.07, 6.45) is 1.86. The van der Waals surface area contributed by atoms with Crippen LogP contribution in [0.3, 0.4) is 0 Å². The smallest absolute Gasteiger partial charge is 0.159 e. The van der Waals surface area contributed by atoms with Gasteiger partial charge in [-0.1, -0.05) is 18.2 Å². The highest BCUT2D eigenvalue weighted by atomic mass is 32.2. The van der Waals surface area contributed by atoms with Crippen molar-refractivity contribution in [3.05, 3.63) is 42.5 Å². The van der Waals surface area contributed by atoms with Gasteiger partial charge in [-0.05, 0) is 19.1 Å². The molecule has 0 amide bonds. The van der Waals surface area contributed by atoms with Crippen molar-refractivity contribution in [2.24, 2.45) is 0 Å². The summed E-state index contributed by atoms with van der Waals surface area (Å²) in [5.41, 5.74) is 0.767. The Morgan fingerprint density at radius 1 is 1.46 bits per heavy atom. The maximum absolute atomic E-state index is 10.9. The van der Waals surface area contributed by atoms with Gasteiger partial charge in [0.05, 0.1) is 0 Å². The second-order valence-corrected chi connectivity index (χ2v) is 3.77. The second kappa shape index (κ2) is 4.87. The fourth-order valence-corrected chi connectivity index (χ4v) is 1.58. The Bertz CT molecular complexity index is 300. The van der Waals surface area contributed by atoms with E-state index in [-0.39, 0.29) is 5.78 Å². The maximum Gasteiger partial charge on any atom is 0.159 e. The van der Waals surface area contributed by atoms with Crippen LogP contribution >= 0.6 is 11.8 Å². The lowest BCUT2D eigenvalue weighted by Crippen LogP contribution is -1.90. The van der Waals surface area contributed by atoms with Gasteiger partial charge in [-0.2, -0.15) is 0 Å². The van der Waals surface area contributed by atoms with Gasteiger partial charge in [-0.3, -0.25) is 4.79 Å². The molecule has 0 heterocycles. The Balaban J connectivity index is 2.69. The minimum Gasteiger partial charge on any atom is -0.295 e. The van der Waals surface area contributed by atoms with Crippen LogP contribution < -0.4 is 0 Å². The molecule has 0 aliphatic carbocycles. The highest BCUT2D eigenvalue weighted by molar-refractivity contribution is 7.99. The van der Waals surface area contributed by atoms with E-state index in [2.05, 4.69) is 6.58 Å². The van der Waals surface area contributed by atoms with E-state index in [4.69, 9.17) is 0 Å². The van der Waals surface area contributed by atoms with E-state index in [1.807, 2.05) is 30.3 Å². The van der Waals surface area contributed by atoms with Crippen molar-refractivity contribution in [1.82, 2.24) is 0 Å². The molecule has 0 atom stereocenters. The van der Waals surface area contributed by atoms with Crippen LogP contribution in [0.1, 0.15) is 17.3 Å². The molecular weight excluding hydrogens is 180 g/mol. The third-order valence-corrected chi connectivity index (χ3v) is 2.64. The monoisotopic (exact) mass is 192 g/mol. The number of Topliss-reactive ketones (excluding diaryl/α,β-unsaturated/α-hetero) is 1. The molecule has 0 fully saturated rings. The molecule has 1 rings (SSSR count). The maximum atomic E-state index is 10.9. The van der Waals surface area contributed by atoms with Crippen LogP contribution in [-0.2, 0) is 0 Å². The molecule has 0 spiro atoms. The number of hydrogen-bond acceptors (Lipinski definition) is 2. The Morgan fingerprint density at radius 2 is 2.08 bits per heavy atom. The Labute approximate surface area is 82.9 Å². The zero-order chi connectivity index (χ0) is 9.68. The Hall–Kier alpha value is -1.02. The van der Waals surface area contributed by atoms with Crippen molar-refractivity contribution in [3.63, 3.8) is 0 Å². The number of hydrogen-bond donors (Lipinski definition) is 0. The molecule has 0 bridgehead atoms. The average Bonchev–Trinajstić information content (AvgIpc) is 2.15. The van der Waals surface area contributed by atoms with Gasteiger partial charge in [0.25, 0.3) is 0 Å². The lowest BCUT2D eigenvalue weighted by molar-refractivity contribution is 0.101. The minimum absolute atomic E-state index is 0.111. The van der Waals surface area contributed by atoms with Crippen molar-refractivity contribution in [3.8, 4) is 0 Å². The van der Waals surface area contributed by atoms with Gasteiger partial charge < -0.3 is 0 Å². The SMILES string of the molecule is C=CCSc1ccc(C(C)=O)cc1. The van der Waals surface area contributed by atoms with E-state index in [9.17, 15) is 4.79 Å². The largest absolute Gasteiger partial charge is 0.295 e. The van der Waals surface area contributed by atoms with E-state index < -0.39 is 0 Å². The molecule has 0 unspecified atom stereocenters. The third-order valence-electron chi connectivity index (χ3n) is 1.63. The number of benzene rings is 1. The van der Waals surface area contributed by atoms with Crippen molar-refractivity contribution >= 4 is 17.5 Å². The first-order chi connectivity index (χ1) is 6.24. The summed E-state index contributed by atoms with van der Waals surface area (Å²) in [4.78, 5) is 12.1. The first-order valence-corrected chi connectivity index (χ1v) is 5.07. The molecule has 1 aromatic rings. The van der Waals surface area contributed by atoms with Gasteiger partial charge in [-0.25, -0.2) is 0 Å². The normalized spacial score (nSPS) is 9.62. The number of ketones is 1. The van der Waals surface area contributed by atoms with E-state index in [0.29, 0.717) is 0 Å². The molecular formula is C11H12OS. The molecule has 0 aliphatic heterocycles. The lowest BCUT2D eigenvalue weighted by Gasteiger charge is -1.99. The van der Waals surface area contributed by atoms with Crippen LogP contribution in [0.4, 0.5) is 0 Å². The molecule has 13 heavy (non-hydrogen) atoms. The molecule has 0 aliphatic rings. The fourth-order valence-electron chi connectivity index (χ4n) is 0.941. The van der Waals surface area contributed by atoms with Gasteiger partial charge in [0, 0.05) is 16.2 Å². The first-order valence-electron chi connectivity index (χ1n) is 4.08. The standard InChI is InChI=1S/C11H12OS/c1-3-8-13-11-6-4-10(5-7-11)9(2)12/h3-7H,1,8H2,2H3. The van der Waals surface area contributed by atoms with Crippen molar-refractivity contribution in [2.75, 3.05) is 5.75 Å². The highest BCUT2D eigenvalue weighted by Gasteiger charge is 1.97. The van der Waals surface area contributed by atoms with Crippen LogP contribution in [-0.4, -0.2) is 11.5 Å². The second-order valence-electron chi connectivity index (χ2n) is 2.68. The van der Waals surface area contributed by atoms with Crippen LogP contribution in [0.2, 0.25) is 0 Å². The van der Waals surface area contributed by atoms with Gasteiger partial charge >= 0.3 is 0 Å². The van der Waals surface area contributed by atoms with E-state index in [0.717, 1.165) is 11.3 Å². The molecule has 68 valence electrons. The Morgan fingerprint density at radius 3 is 2.54 bits per heavy atom. The van der Waals surface area contributed by atoms with Gasteiger partial charge in [0.15, 0.2) is 5.78 Å². The molecule has 0 saturated heterocycles. The van der Waals surface area contributed by atoms with Crippen molar-refractivity contribution in [1.29, 1.82) is 0 Å². The summed E-state index contributed by atoms with van der Waals surface area (Å²) >= 11 is 1.71. The van der Waals surface area contributed by atoms with Crippen molar-refractivity contribution < 1.29 is 4.79 Å². The van der Waals surface area contributed by atoms with Crippen LogP contribution in [0.25, 0.3) is 0 Å². The average molecular weight is 192 g/mol. The summed E-state index contributed by atoms with van der Waals surface area (Å²) in [6, 6.07) is 7.64. The number of carbonyl (C=O) groups excluding carboxylic acids is 1. The molecule has 0 radical (unpaired) electrons. The van der Waals surface area contributed by atoms with Crippen LogP contribution in [0.15, 0.2) is 41.8 Å². The van der Waals surface area contributed by atoms with Gasteiger partial charge in [-0.15, -0.1) is 18.3 Å². The summed E-state index contributed by atoms with van der Waals surface area (Å²) in [5.74, 6) is 1.01. The van der Waals surface area contributed by atoms with E-state index >= 15 is 0 Å². The van der Waals surface area contributed by atoms with Crippen molar-refractivity contribution in [2.45, 2.75) is 11.8 Å². The van der Waals surface area contributed by atoms with E-state index in [1.165, 1.54) is 4.90 Å². The summed E-state index contributed by atoms with van der Waals surface area (Å²) in [6.45, 7) is 5.22. The minimum atomic E-state index is 0.111. The first kappa shape index (κ1) is 10.1. The fraction of sp³-hybridized carbons (Fsp3) is 0.182. The van der Waals surface area contributed by atoms with Gasteiger partial charge in [0.2, 0.25) is 0 Å². The number of carbonyl (C=O) groups is 1. The summed E-state index contributed by atoms with van der Waals surface area (Å²) in [7, 11) is 0. The zero-order valence-corrected chi connectivity index (χ0v) is 8.43. The number of rotatable bonds is 4. The zero-order valence-electron chi connectivity index (χ0n) is 7.62. The predicted octanol–water partition coefficient (Wildman–Crippen LogP) is 3.17. The molecule has 1 nitrogen and oxygen atoms in total. The molecule has 0 N–H and O–H groups in total. The molecule has 0 saturated carbocycles. The Kier molecular flexibility index (Phi) is 3.77. The highest BCUT2D eigenvalue weighted by Crippen LogP contribution is 2.18. The van der Waals surface area contributed by atoms with Crippen LogP contribution in [0.5, 0.6) is 0 Å².